The highest BCUT2D eigenvalue weighted by molar-refractivity contribution is 5.46. The van der Waals surface area contributed by atoms with Gasteiger partial charge in [-0.2, -0.15) is 0 Å². The summed E-state index contributed by atoms with van der Waals surface area (Å²) in [4.78, 5) is 9.70. The van der Waals surface area contributed by atoms with E-state index in [2.05, 4.69) is 47.3 Å². The quantitative estimate of drug-likeness (QED) is 0.751. The number of rotatable bonds is 9. The van der Waals surface area contributed by atoms with Gasteiger partial charge in [-0.15, -0.1) is 0 Å². The molecule has 1 aliphatic rings. The molecule has 1 aromatic rings. The Balaban J connectivity index is 2.08. The van der Waals surface area contributed by atoms with Crippen molar-refractivity contribution in [2.75, 3.05) is 47.3 Å². The topological polar surface area (TPSA) is 36.3 Å². The lowest BCUT2D eigenvalue weighted by molar-refractivity contribution is 0.150. The van der Waals surface area contributed by atoms with Gasteiger partial charge in [-0.1, -0.05) is 13.5 Å². The molecule has 0 bridgehead atoms. The molecule has 1 fully saturated rings. The van der Waals surface area contributed by atoms with E-state index in [1.54, 1.807) is 0 Å². The number of likely N-dealkylation sites (N-methyl/N-ethyl adjacent to an activating group) is 1. The first-order chi connectivity index (χ1) is 11.6. The normalized spacial score (nSPS) is 19.1. The Labute approximate surface area is 147 Å². The molecule has 2 rings (SSSR count). The third-order valence-electron chi connectivity index (χ3n) is 4.95. The van der Waals surface area contributed by atoms with E-state index in [1.165, 1.54) is 38.2 Å². The van der Waals surface area contributed by atoms with Crippen LogP contribution in [0, 0.1) is 5.92 Å². The van der Waals surface area contributed by atoms with Crippen molar-refractivity contribution < 1.29 is 0 Å². The second-order valence-corrected chi connectivity index (χ2v) is 7.17. The van der Waals surface area contributed by atoms with Crippen LogP contribution in [0.2, 0.25) is 0 Å². The van der Waals surface area contributed by atoms with Crippen LogP contribution in [-0.4, -0.2) is 66.7 Å². The zero-order chi connectivity index (χ0) is 17.5. The Morgan fingerprint density at radius 3 is 2.83 bits per heavy atom. The van der Waals surface area contributed by atoms with E-state index < -0.39 is 0 Å². The minimum Gasteiger partial charge on any atom is -0.330 e. The fourth-order valence-electron chi connectivity index (χ4n) is 3.71. The van der Waals surface area contributed by atoms with Crippen molar-refractivity contribution >= 4 is 6.08 Å². The number of aromatic nitrogens is 2. The van der Waals surface area contributed by atoms with Gasteiger partial charge in [0.25, 0.3) is 0 Å². The molecular formula is C19H35N5. The summed E-state index contributed by atoms with van der Waals surface area (Å²) >= 11 is 0. The molecule has 1 atom stereocenters. The van der Waals surface area contributed by atoms with Gasteiger partial charge in [-0.05, 0) is 58.9 Å². The average Bonchev–Trinajstić information content (AvgIpc) is 2.90. The van der Waals surface area contributed by atoms with Crippen LogP contribution in [0.3, 0.4) is 0 Å². The van der Waals surface area contributed by atoms with Crippen LogP contribution in [0.1, 0.15) is 37.0 Å². The summed E-state index contributed by atoms with van der Waals surface area (Å²) in [5.41, 5.74) is 2.39. The molecule has 0 spiro atoms. The molecule has 1 aliphatic heterocycles. The first-order valence-corrected chi connectivity index (χ1v) is 9.31. The van der Waals surface area contributed by atoms with Gasteiger partial charge >= 0.3 is 0 Å². The summed E-state index contributed by atoms with van der Waals surface area (Å²) in [5, 5.41) is 3.26. The predicted molar refractivity (Wildman–Crippen MR) is 102 cm³/mol. The van der Waals surface area contributed by atoms with E-state index in [9.17, 15) is 0 Å². The third kappa shape index (κ3) is 4.91. The van der Waals surface area contributed by atoms with Crippen molar-refractivity contribution in [3.8, 4) is 0 Å². The van der Waals surface area contributed by atoms with Gasteiger partial charge < -0.3 is 19.7 Å². The second kappa shape index (κ2) is 9.35. The van der Waals surface area contributed by atoms with Crippen LogP contribution in [0.4, 0.5) is 0 Å². The van der Waals surface area contributed by atoms with Gasteiger partial charge in [-0.3, -0.25) is 0 Å². The van der Waals surface area contributed by atoms with Crippen molar-refractivity contribution in [2.24, 2.45) is 5.92 Å². The van der Waals surface area contributed by atoms with Crippen LogP contribution in [0.25, 0.3) is 6.08 Å². The molecule has 1 N–H and O–H groups in total. The molecule has 0 amide bonds. The van der Waals surface area contributed by atoms with E-state index in [0.29, 0.717) is 5.92 Å². The zero-order valence-corrected chi connectivity index (χ0v) is 16.0. The average molecular weight is 334 g/mol. The smallest absolute Gasteiger partial charge is 0.123 e. The van der Waals surface area contributed by atoms with Gasteiger partial charge in [0.05, 0.1) is 12.2 Å². The molecule has 2 heterocycles. The van der Waals surface area contributed by atoms with Crippen molar-refractivity contribution in [1.82, 2.24) is 24.7 Å². The first kappa shape index (κ1) is 19.2. The molecule has 5 heteroatoms. The highest BCUT2D eigenvalue weighted by Gasteiger charge is 2.23. The van der Waals surface area contributed by atoms with Crippen molar-refractivity contribution in [2.45, 2.75) is 39.3 Å². The summed E-state index contributed by atoms with van der Waals surface area (Å²) in [7, 11) is 6.30. The second-order valence-electron chi connectivity index (χ2n) is 7.17. The van der Waals surface area contributed by atoms with Crippen LogP contribution in [0.5, 0.6) is 0 Å². The van der Waals surface area contributed by atoms with Crippen LogP contribution in [0.15, 0.2) is 6.58 Å². The molecule has 0 saturated carbocycles. The minimum absolute atomic E-state index is 0.716. The molecule has 5 nitrogen and oxygen atoms in total. The molecule has 0 unspecified atom stereocenters. The Morgan fingerprint density at radius 2 is 2.21 bits per heavy atom. The van der Waals surface area contributed by atoms with Crippen LogP contribution >= 0.6 is 0 Å². The Morgan fingerprint density at radius 1 is 1.42 bits per heavy atom. The van der Waals surface area contributed by atoms with Crippen LogP contribution in [-0.2, 0) is 19.5 Å². The SMILES string of the molecule is C=Cc1nc(CNC)n(C[C@H]2CCCN(CCN(C)C)C2)c1CC. The number of likely N-dealkylation sites (tertiary alicyclic amines) is 1. The summed E-state index contributed by atoms with van der Waals surface area (Å²) in [6.45, 7) is 12.8. The maximum absolute atomic E-state index is 4.80. The number of hydrogen-bond acceptors (Lipinski definition) is 4. The Kier molecular flexibility index (Phi) is 7.46. The maximum Gasteiger partial charge on any atom is 0.123 e. The minimum atomic E-state index is 0.716. The fraction of sp³-hybridized carbons (Fsp3) is 0.737. The molecule has 0 aliphatic carbocycles. The summed E-state index contributed by atoms with van der Waals surface area (Å²) in [5.74, 6) is 1.86. The molecule has 1 aromatic heterocycles. The molecular weight excluding hydrogens is 298 g/mol. The highest BCUT2D eigenvalue weighted by atomic mass is 15.2. The first-order valence-electron chi connectivity index (χ1n) is 9.31. The number of piperidine rings is 1. The monoisotopic (exact) mass is 333 g/mol. The van der Waals surface area contributed by atoms with Crippen molar-refractivity contribution in [3.63, 3.8) is 0 Å². The highest BCUT2D eigenvalue weighted by Crippen LogP contribution is 2.22. The van der Waals surface area contributed by atoms with E-state index in [4.69, 9.17) is 4.98 Å². The summed E-state index contributed by atoms with van der Waals surface area (Å²) < 4.78 is 2.45. The predicted octanol–water partition coefficient (Wildman–Crippen LogP) is 2.08. The lowest BCUT2D eigenvalue weighted by atomic mass is 9.97. The summed E-state index contributed by atoms with van der Waals surface area (Å²) in [6, 6.07) is 0. The number of nitrogens with zero attached hydrogens (tertiary/aromatic N) is 4. The van der Waals surface area contributed by atoms with E-state index >= 15 is 0 Å². The molecule has 0 aromatic carbocycles. The number of imidazole rings is 1. The van der Waals surface area contributed by atoms with Crippen molar-refractivity contribution in [1.29, 1.82) is 0 Å². The Bertz CT molecular complexity index is 520. The van der Waals surface area contributed by atoms with E-state index in [1.807, 2.05) is 13.1 Å². The van der Waals surface area contributed by atoms with E-state index in [-0.39, 0.29) is 0 Å². The maximum atomic E-state index is 4.80. The molecule has 136 valence electrons. The van der Waals surface area contributed by atoms with Gasteiger partial charge in [0.1, 0.15) is 5.82 Å². The van der Waals surface area contributed by atoms with Gasteiger partial charge in [0, 0.05) is 31.9 Å². The van der Waals surface area contributed by atoms with Gasteiger partial charge in [0.15, 0.2) is 0 Å². The molecule has 24 heavy (non-hydrogen) atoms. The molecule has 0 radical (unpaired) electrons. The van der Waals surface area contributed by atoms with E-state index in [0.717, 1.165) is 37.6 Å². The standard InChI is InChI=1S/C19H35N5/c1-6-17-18(7-2)24(19(21-17)13-20-3)15-16-9-8-10-23(14-16)12-11-22(4)5/h6,16,20H,1,7-15H2,2-5H3/t16-/m0/s1. The number of hydrogen-bond donors (Lipinski definition) is 1. The fourth-order valence-corrected chi connectivity index (χ4v) is 3.71. The molecule has 1 saturated heterocycles. The summed E-state index contributed by atoms with van der Waals surface area (Å²) in [6.07, 6.45) is 5.54. The van der Waals surface area contributed by atoms with Crippen molar-refractivity contribution in [3.05, 3.63) is 23.8 Å². The third-order valence-corrected chi connectivity index (χ3v) is 4.95. The number of nitrogens with one attached hydrogen (secondary N) is 1. The Hall–Kier alpha value is -1.17. The lowest BCUT2D eigenvalue weighted by Crippen LogP contribution is -2.40. The van der Waals surface area contributed by atoms with Gasteiger partial charge in [-0.25, -0.2) is 4.98 Å². The lowest BCUT2D eigenvalue weighted by Gasteiger charge is -2.34. The zero-order valence-electron chi connectivity index (χ0n) is 16.0. The van der Waals surface area contributed by atoms with Gasteiger partial charge in [0.2, 0.25) is 0 Å². The largest absolute Gasteiger partial charge is 0.330 e. The van der Waals surface area contributed by atoms with Crippen LogP contribution < -0.4 is 5.32 Å².